The highest BCUT2D eigenvalue weighted by atomic mass is 32.2. The van der Waals surface area contributed by atoms with Crippen molar-refractivity contribution >= 4 is 27.7 Å². The molecule has 0 unspecified atom stereocenters. The number of hydrogen-bond acceptors (Lipinski definition) is 5. The smallest absolute Gasteiger partial charge is 0.324 e. The van der Waals surface area contributed by atoms with Crippen LogP contribution in [0.3, 0.4) is 0 Å². The molecule has 0 aliphatic carbocycles. The number of alkyl halides is 3. The van der Waals surface area contributed by atoms with E-state index in [-0.39, 0.29) is 16.5 Å². The summed E-state index contributed by atoms with van der Waals surface area (Å²) in [5.41, 5.74) is -0.520. The summed E-state index contributed by atoms with van der Waals surface area (Å²) in [7, 11) is -2.41. The van der Waals surface area contributed by atoms with Gasteiger partial charge < -0.3 is 5.32 Å². The summed E-state index contributed by atoms with van der Waals surface area (Å²) in [5.74, 6) is 0.343. The monoisotopic (exact) mass is 358 g/mol. The van der Waals surface area contributed by atoms with Crippen LogP contribution in [0.2, 0.25) is 0 Å². The van der Waals surface area contributed by atoms with Crippen LogP contribution in [-0.4, -0.2) is 25.4 Å². The van der Waals surface area contributed by atoms with Crippen LogP contribution in [0.15, 0.2) is 42.1 Å². The predicted molar refractivity (Wildman–Crippen MR) is 83.1 cm³/mol. The van der Waals surface area contributed by atoms with Gasteiger partial charge in [0, 0.05) is 18.0 Å². The van der Waals surface area contributed by atoms with E-state index in [1.165, 1.54) is 19.2 Å². The van der Waals surface area contributed by atoms with Crippen molar-refractivity contribution in [3.63, 3.8) is 0 Å². The normalized spacial score (nSPS) is 12.0. The van der Waals surface area contributed by atoms with Crippen LogP contribution in [0.5, 0.6) is 0 Å². The number of anilines is 2. The van der Waals surface area contributed by atoms with Crippen molar-refractivity contribution in [3.05, 3.63) is 48.3 Å². The van der Waals surface area contributed by atoms with Gasteiger partial charge in [-0.2, -0.15) is 13.2 Å². The molecule has 2 rings (SSSR count). The number of rotatable bonds is 5. The van der Waals surface area contributed by atoms with E-state index in [1.807, 2.05) is 0 Å². The molecule has 6 nitrogen and oxygen atoms in total. The standard InChI is InChI=1S/C14H13F3N4O2S/c1-3-9-6-11(24(22,23)18-2)8-20-13(9)21-12-5-4-10(7-19-12)14(15,16)17/h3-8,18H,1H2,2H3,(H,19,20,21). The second-order valence-corrected chi connectivity index (χ2v) is 6.46. The highest BCUT2D eigenvalue weighted by Crippen LogP contribution is 2.29. The van der Waals surface area contributed by atoms with E-state index >= 15 is 0 Å². The van der Waals surface area contributed by atoms with E-state index in [0.717, 1.165) is 18.3 Å². The molecule has 2 N–H and O–H groups in total. The molecule has 0 saturated carbocycles. The van der Waals surface area contributed by atoms with Gasteiger partial charge >= 0.3 is 6.18 Å². The lowest BCUT2D eigenvalue weighted by atomic mass is 10.2. The van der Waals surface area contributed by atoms with Crippen molar-refractivity contribution in [2.24, 2.45) is 0 Å². The van der Waals surface area contributed by atoms with Gasteiger partial charge in [-0.3, -0.25) is 0 Å². The Hall–Kier alpha value is -2.46. The molecule has 0 saturated heterocycles. The lowest BCUT2D eigenvalue weighted by Crippen LogP contribution is -2.19. The van der Waals surface area contributed by atoms with Crippen LogP contribution in [0, 0.1) is 0 Å². The molecule has 2 heterocycles. The molecule has 10 heteroatoms. The van der Waals surface area contributed by atoms with Crippen molar-refractivity contribution in [1.82, 2.24) is 14.7 Å². The summed E-state index contributed by atoms with van der Waals surface area (Å²) >= 11 is 0. The number of halogens is 3. The highest BCUT2D eigenvalue weighted by Gasteiger charge is 2.30. The lowest BCUT2D eigenvalue weighted by Gasteiger charge is -2.11. The number of sulfonamides is 1. The lowest BCUT2D eigenvalue weighted by molar-refractivity contribution is -0.137. The van der Waals surface area contributed by atoms with E-state index in [9.17, 15) is 21.6 Å². The van der Waals surface area contributed by atoms with Gasteiger partial charge in [0.15, 0.2) is 0 Å². The first-order chi connectivity index (χ1) is 11.2. The van der Waals surface area contributed by atoms with Crippen molar-refractivity contribution in [1.29, 1.82) is 0 Å². The fourth-order valence-corrected chi connectivity index (χ4v) is 2.45. The van der Waals surface area contributed by atoms with Gasteiger partial charge in [-0.1, -0.05) is 12.7 Å². The fraction of sp³-hybridized carbons (Fsp3) is 0.143. The van der Waals surface area contributed by atoms with E-state index < -0.39 is 21.8 Å². The molecule has 0 aliphatic rings. The first-order valence-electron chi connectivity index (χ1n) is 6.53. The first-order valence-corrected chi connectivity index (χ1v) is 8.02. The zero-order valence-corrected chi connectivity index (χ0v) is 13.2. The van der Waals surface area contributed by atoms with Crippen LogP contribution >= 0.6 is 0 Å². The molecule has 0 atom stereocenters. The van der Waals surface area contributed by atoms with Gasteiger partial charge in [0.25, 0.3) is 0 Å². The van der Waals surface area contributed by atoms with Crippen LogP contribution in [0.4, 0.5) is 24.8 Å². The topological polar surface area (TPSA) is 84.0 Å². The number of nitrogens with zero attached hydrogens (tertiary/aromatic N) is 2. The highest BCUT2D eigenvalue weighted by molar-refractivity contribution is 7.89. The van der Waals surface area contributed by atoms with Crippen molar-refractivity contribution < 1.29 is 21.6 Å². The first kappa shape index (κ1) is 17.9. The molecule has 0 radical (unpaired) electrons. The molecule has 128 valence electrons. The Kier molecular flexibility index (Phi) is 4.90. The van der Waals surface area contributed by atoms with Crippen LogP contribution in [0.1, 0.15) is 11.1 Å². The van der Waals surface area contributed by atoms with Gasteiger partial charge in [0.2, 0.25) is 10.0 Å². The maximum absolute atomic E-state index is 12.5. The van der Waals surface area contributed by atoms with Gasteiger partial charge in [-0.15, -0.1) is 0 Å². The molecule has 0 aliphatic heterocycles. The van der Waals surface area contributed by atoms with Gasteiger partial charge in [0.05, 0.1) is 5.56 Å². The van der Waals surface area contributed by atoms with Crippen LogP contribution in [-0.2, 0) is 16.2 Å². The minimum Gasteiger partial charge on any atom is -0.324 e. The minimum atomic E-state index is -4.47. The molecule has 0 bridgehead atoms. The summed E-state index contributed by atoms with van der Waals surface area (Å²) in [5, 5.41) is 2.72. The molecule has 0 aromatic carbocycles. The summed E-state index contributed by atoms with van der Waals surface area (Å²) in [4.78, 5) is 7.57. The summed E-state index contributed by atoms with van der Waals surface area (Å²) in [6.07, 6.45) is -1.30. The Morgan fingerprint density at radius 1 is 1.21 bits per heavy atom. The third-order valence-corrected chi connectivity index (χ3v) is 4.41. The third-order valence-electron chi connectivity index (χ3n) is 3.03. The fourth-order valence-electron chi connectivity index (χ4n) is 1.74. The van der Waals surface area contributed by atoms with E-state index in [4.69, 9.17) is 0 Å². The van der Waals surface area contributed by atoms with Crippen molar-refractivity contribution in [3.8, 4) is 0 Å². The zero-order chi connectivity index (χ0) is 18.0. The third kappa shape index (κ3) is 3.89. The molecule has 2 aromatic rings. The maximum atomic E-state index is 12.5. The summed E-state index contributed by atoms with van der Waals surface area (Å²) in [6, 6.07) is 3.36. The largest absolute Gasteiger partial charge is 0.417 e. The van der Waals surface area contributed by atoms with Crippen LogP contribution < -0.4 is 10.0 Å². The average molecular weight is 358 g/mol. The minimum absolute atomic E-state index is 0.0640. The molecular weight excluding hydrogens is 345 g/mol. The van der Waals surface area contributed by atoms with Crippen LogP contribution in [0.25, 0.3) is 6.08 Å². The summed E-state index contributed by atoms with van der Waals surface area (Å²) < 4.78 is 63.2. The summed E-state index contributed by atoms with van der Waals surface area (Å²) in [6.45, 7) is 3.56. The Morgan fingerprint density at radius 2 is 1.92 bits per heavy atom. The van der Waals surface area contributed by atoms with E-state index in [1.54, 1.807) is 0 Å². The molecule has 0 spiro atoms. The van der Waals surface area contributed by atoms with Crippen molar-refractivity contribution in [2.45, 2.75) is 11.1 Å². The molecule has 0 fully saturated rings. The number of pyridine rings is 2. The number of nitrogens with one attached hydrogen (secondary N) is 2. The van der Waals surface area contributed by atoms with Gasteiger partial charge in [0.1, 0.15) is 16.5 Å². The number of hydrogen-bond donors (Lipinski definition) is 2. The molecule has 2 aromatic heterocycles. The maximum Gasteiger partial charge on any atom is 0.417 e. The van der Waals surface area contributed by atoms with E-state index in [0.29, 0.717) is 11.8 Å². The Labute approximate surface area is 136 Å². The second-order valence-electron chi connectivity index (χ2n) is 4.58. The Bertz CT molecular complexity index is 849. The number of aromatic nitrogens is 2. The average Bonchev–Trinajstić information content (AvgIpc) is 2.54. The quantitative estimate of drug-likeness (QED) is 0.859. The van der Waals surface area contributed by atoms with Crippen molar-refractivity contribution in [2.75, 3.05) is 12.4 Å². The van der Waals surface area contributed by atoms with Gasteiger partial charge in [-0.05, 0) is 25.2 Å². The zero-order valence-electron chi connectivity index (χ0n) is 12.4. The Balaban J connectivity index is 2.32. The Morgan fingerprint density at radius 3 is 2.42 bits per heavy atom. The molecular formula is C14H13F3N4O2S. The van der Waals surface area contributed by atoms with Gasteiger partial charge in [-0.25, -0.2) is 23.1 Å². The molecule has 0 amide bonds. The second kappa shape index (κ2) is 6.57. The molecule has 24 heavy (non-hydrogen) atoms. The SMILES string of the molecule is C=Cc1cc(S(=O)(=O)NC)cnc1Nc1ccc(C(F)(F)F)cn1. The van der Waals surface area contributed by atoms with E-state index in [2.05, 4.69) is 26.6 Å². The predicted octanol–water partition coefficient (Wildman–Crippen LogP) is 2.79.